The van der Waals surface area contributed by atoms with Crippen molar-refractivity contribution in [2.45, 2.75) is 4.90 Å². The third-order valence-electron chi connectivity index (χ3n) is 3.81. The van der Waals surface area contributed by atoms with Gasteiger partial charge in [0, 0.05) is 23.0 Å². The highest BCUT2D eigenvalue weighted by molar-refractivity contribution is 8.18. The van der Waals surface area contributed by atoms with Crippen molar-refractivity contribution >= 4 is 58.3 Å². The highest BCUT2D eigenvalue weighted by Gasteiger charge is 2.34. The van der Waals surface area contributed by atoms with Crippen LogP contribution in [-0.4, -0.2) is 40.8 Å². The molecule has 5 nitrogen and oxygen atoms in total. The number of carbonyl (C=O) groups is 3. The van der Waals surface area contributed by atoms with Gasteiger partial charge in [0.1, 0.15) is 0 Å². The van der Waals surface area contributed by atoms with Gasteiger partial charge in [-0.3, -0.25) is 19.3 Å². The lowest BCUT2D eigenvalue weighted by atomic mass is 10.2. The van der Waals surface area contributed by atoms with E-state index in [0.29, 0.717) is 9.93 Å². The standard InChI is InChI=1S/C20H17ClN2O3S2/c21-15-8-6-14(7-9-15)12-17-19(25)23(20(26)28-17)11-10-22-18(24)13-27-16-4-2-1-3-5-16/h1-9,12H,10-11,13H2,(H,22,24). The summed E-state index contributed by atoms with van der Waals surface area (Å²) in [5.74, 6) is -0.210. The molecule has 0 saturated carbocycles. The van der Waals surface area contributed by atoms with E-state index in [2.05, 4.69) is 5.32 Å². The first-order valence-electron chi connectivity index (χ1n) is 8.48. The molecule has 2 aromatic carbocycles. The van der Waals surface area contributed by atoms with Gasteiger partial charge in [0.25, 0.3) is 11.1 Å². The van der Waals surface area contributed by atoms with Gasteiger partial charge < -0.3 is 5.32 Å². The molecule has 8 heteroatoms. The fourth-order valence-corrected chi connectivity index (χ4v) is 4.17. The summed E-state index contributed by atoms with van der Waals surface area (Å²) in [6.07, 6.45) is 1.66. The Kier molecular flexibility index (Phi) is 7.19. The zero-order valence-electron chi connectivity index (χ0n) is 14.8. The molecule has 0 aliphatic carbocycles. The molecule has 0 bridgehead atoms. The molecule has 0 aromatic heterocycles. The average Bonchev–Trinajstić information content (AvgIpc) is 2.96. The van der Waals surface area contributed by atoms with Crippen LogP contribution in [-0.2, 0) is 9.59 Å². The first-order chi connectivity index (χ1) is 13.5. The van der Waals surface area contributed by atoms with E-state index < -0.39 is 0 Å². The normalized spacial score (nSPS) is 15.3. The number of thioether (sulfide) groups is 2. The van der Waals surface area contributed by atoms with Crippen molar-refractivity contribution in [3.63, 3.8) is 0 Å². The van der Waals surface area contributed by atoms with Gasteiger partial charge in [0.05, 0.1) is 10.7 Å². The van der Waals surface area contributed by atoms with E-state index in [4.69, 9.17) is 11.6 Å². The molecule has 0 unspecified atom stereocenters. The van der Waals surface area contributed by atoms with Crippen molar-refractivity contribution in [2.24, 2.45) is 0 Å². The topological polar surface area (TPSA) is 66.5 Å². The Labute approximate surface area is 176 Å². The zero-order chi connectivity index (χ0) is 19.9. The number of halogens is 1. The first-order valence-corrected chi connectivity index (χ1v) is 10.7. The number of carbonyl (C=O) groups excluding carboxylic acids is 3. The number of amides is 3. The quantitative estimate of drug-likeness (QED) is 0.522. The van der Waals surface area contributed by atoms with Crippen molar-refractivity contribution < 1.29 is 14.4 Å². The van der Waals surface area contributed by atoms with Crippen molar-refractivity contribution in [1.29, 1.82) is 0 Å². The smallest absolute Gasteiger partial charge is 0.293 e. The predicted molar refractivity (Wildman–Crippen MR) is 114 cm³/mol. The summed E-state index contributed by atoms with van der Waals surface area (Å²) in [6, 6.07) is 16.6. The minimum absolute atomic E-state index is 0.141. The molecular weight excluding hydrogens is 416 g/mol. The van der Waals surface area contributed by atoms with Crippen LogP contribution in [0.1, 0.15) is 5.56 Å². The summed E-state index contributed by atoms with van der Waals surface area (Å²) in [4.78, 5) is 39.0. The summed E-state index contributed by atoms with van der Waals surface area (Å²) in [6.45, 7) is 0.366. The highest BCUT2D eigenvalue weighted by Crippen LogP contribution is 2.32. The molecule has 0 radical (unpaired) electrons. The summed E-state index contributed by atoms with van der Waals surface area (Å²) in [5.41, 5.74) is 0.793. The van der Waals surface area contributed by atoms with Gasteiger partial charge in [-0.05, 0) is 47.7 Å². The van der Waals surface area contributed by atoms with Crippen molar-refractivity contribution in [1.82, 2.24) is 10.2 Å². The predicted octanol–water partition coefficient (Wildman–Crippen LogP) is 4.28. The van der Waals surface area contributed by atoms with Crippen LogP contribution in [0.15, 0.2) is 64.4 Å². The van der Waals surface area contributed by atoms with Crippen molar-refractivity contribution in [3.8, 4) is 0 Å². The molecule has 1 aliphatic rings. The number of benzene rings is 2. The fraction of sp³-hybridized carbons (Fsp3) is 0.150. The SMILES string of the molecule is O=C(CSc1ccccc1)NCCN1C(=O)SC(=Cc2ccc(Cl)cc2)C1=O. The van der Waals surface area contributed by atoms with Crippen LogP contribution in [0.2, 0.25) is 5.02 Å². The van der Waals surface area contributed by atoms with Gasteiger partial charge in [0.15, 0.2) is 0 Å². The van der Waals surface area contributed by atoms with Crippen LogP contribution in [0, 0.1) is 0 Å². The Hall–Kier alpha value is -2.22. The number of imide groups is 1. The lowest BCUT2D eigenvalue weighted by Crippen LogP contribution is -2.37. The Morgan fingerprint density at radius 3 is 2.54 bits per heavy atom. The van der Waals surface area contributed by atoms with Gasteiger partial charge in [-0.15, -0.1) is 11.8 Å². The molecule has 0 spiro atoms. The average molecular weight is 433 g/mol. The van der Waals surface area contributed by atoms with E-state index in [1.54, 1.807) is 30.3 Å². The maximum absolute atomic E-state index is 12.4. The van der Waals surface area contributed by atoms with E-state index in [9.17, 15) is 14.4 Å². The molecule has 1 N–H and O–H groups in total. The number of hydrogen-bond donors (Lipinski definition) is 1. The summed E-state index contributed by atoms with van der Waals surface area (Å²) in [5, 5.41) is 3.01. The second kappa shape index (κ2) is 9.82. The van der Waals surface area contributed by atoms with Crippen molar-refractivity contribution in [2.75, 3.05) is 18.8 Å². The Morgan fingerprint density at radius 2 is 1.82 bits per heavy atom. The van der Waals surface area contributed by atoms with Crippen LogP contribution < -0.4 is 5.32 Å². The summed E-state index contributed by atoms with van der Waals surface area (Å²) in [7, 11) is 0. The summed E-state index contributed by atoms with van der Waals surface area (Å²) >= 11 is 8.18. The molecule has 144 valence electrons. The molecule has 1 fully saturated rings. The van der Waals surface area contributed by atoms with Crippen LogP contribution in [0.5, 0.6) is 0 Å². The van der Waals surface area contributed by atoms with Gasteiger partial charge >= 0.3 is 0 Å². The molecule has 0 atom stereocenters. The largest absolute Gasteiger partial charge is 0.354 e. The van der Waals surface area contributed by atoms with Gasteiger partial charge in [-0.25, -0.2) is 0 Å². The second-order valence-electron chi connectivity index (χ2n) is 5.84. The minimum Gasteiger partial charge on any atom is -0.354 e. The number of rotatable bonds is 7. The van der Waals surface area contributed by atoms with E-state index in [0.717, 1.165) is 27.1 Å². The number of nitrogens with one attached hydrogen (secondary N) is 1. The fourth-order valence-electron chi connectivity index (χ4n) is 2.43. The highest BCUT2D eigenvalue weighted by atomic mass is 35.5. The maximum atomic E-state index is 12.4. The lowest BCUT2D eigenvalue weighted by Gasteiger charge is -2.13. The van der Waals surface area contributed by atoms with E-state index in [1.165, 1.54) is 11.8 Å². The molecule has 28 heavy (non-hydrogen) atoms. The minimum atomic E-state index is -0.349. The molecule has 1 heterocycles. The molecule has 3 rings (SSSR count). The van der Waals surface area contributed by atoms with Crippen molar-refractivity contribution in [3.05, 3.63) is 70.1 Å². The van der Waals surface area contributed by atoms with Gasteiger partial charge in [-0.1, -0.05) is 41.9 Å². The molecular formula is C20H17ClN2O3S2. The van der Waals surface area contributed by atoms with E-state index in [1.807, 2.05) is 30.3 Å². The molecule has 1 saturated heterocycles. The Balaban J connectivity index is 1.48. The third kappa shape index (κ3) is 5.64. The molecule has 3 amide bonds. The number of hydrogen-bond acceptors (Lipinski definition) is 5. The van der Waals surface area contributed by atoms with Gasteiger partial charge in [0.2, 0.25) is 5.91 Å². The van der Waals surface area contributed by atoms with E-state index >= 15 is 0 Å². The van der Waals surface area contributed by atoms with Crippen LogP contribution >= 0.6 is 35.1 Å². The summed E-state index contributed by atoms with van der Waals surface area (Å²) < 4.78 is 0. The van der Waals surface area contributed by atoms with E-state index in [-0.39, 0.29) is 35.9 Å². The van der Waals surface area contributed by atoms with Crippen LogP contribution in [0.4, 0.5) is 4.79 Å². The molecule has 1 aliphatic heterocycles. The van der Waals surface area contributed by atoms with Crippen LogP contribution in [0.25, 0.3) is 6.08 Å². The Bertz CT molecular complexity index is 901. The zero-order valence-corrected chi connectivity index (χ0v) is 17.2. The monoisotopic (exact) mass is 432 g/mol. The third-order valence-corrected chi connectivity index (χ3v) is 5.98. The number of nitrogens with zero attached hydrogens (tertiary/aromatic N) is 1. The lowest BCUT2D eigenvalue weighted by molar-refractivity contribution is -0.123. The molecule has 2 aromatic rings. The van der Waals surface area contributed by atoms with Crippen LogP contribution in [0.3, 0.4) is 0 Å². The first kappa shape index (κ1) is 20.5. The maximum Gasteiger partial charge on any atom is 0.293 e. The Morgan fingerprint density at radius 1 is 1.11 bits per heavy atom. The second-order valence-corrected chi connectivity index (χ2v) is 8.31. The van der Waals surface area contributed by atoms with Gasteiger partial charge in [-0.2, -0.15) is 0 Å².